The molecule has 2 rings (SSSR count). The standard InChI is InChI=1S/C13H22O2/c1-12(2,3)13(11(14)15)7-9-4-5-10(6-9)8-13/h9-10H,4-8H2,1-3H3,(H,14,15). The Morgan fingerprint density at radius 1 is 1.20 bits per heavy atom. The lowest BCUT2D eigenvalue weighted by Gasteiger charge is -2.46. The molecule has 2 aliphatic rings. The highest BCUT2D eigenvalue weighted by Crippen LogP contribution is 2.57. The normalized spacial score (nSPS) is 40.5. The van der Waals surface area contributed by atoms with Gasteiger partial charge in [0.25, 0.3) is 0 Å². The van der Waals surface area contributed by atoms with Crippen molar-refractivity contribution in [2.45, 2.75) is 52.9 Å². The van der Waals surface area contributed by atoms with E-state index in [0.717, 1.165) is 12.8 Å². The third kappa shape index (κ3) is 1.58. The molecule has 0 aromatic carbocycles. The van der Waals surface area contributed by atoms with Gasteiger partial charge in [0.05, 0.1) is 5.41 Å². The van der Waals surface area contributed by atoms with Crippen molar-refractivity contribution in [3.63, 3.8) is 0 Å². The first kappa shape index (κ1) is 11.0. The van der Waals surface area contributed by atoms with Crippen LogP contribution >= 0.6 is 0 Å². The van der Waals surface area contributed by atoms with Crippen LogP contribution in [0.1, 0.15) is 52.9 Å². The number of carboxylic acid groups (broad SMARTS) is 1. The number of aliphatic carboxylic acids is 1. The number of hydrogen-bond acceptors (Lipinski definition) is 1. The van der Waals surface area contributed by atoms with Crippen LogP contribution in [-0.2, 0) is 4.79 Å². The minimum absolute atomic E-state index is 0.111. The summed E-state index contributed by atoms with van der Waals surface area (Å²) in [6.45, 7) is 6.27. The van der Waals surface area contributed by atoms with Gasteiger partial charge < -0.3 is 5.11 Å². The molecule has 2 saturated carbocycles. The van der Waals surface area contributed by atoms with Gasteiger partial charge in [0, 0.05) is 0 Å². The highest BCUT2D eigenvalue weighted by molar-refractivity contribution is 5.76. The summed E-state index contributed by atoms with van der Waals surface area (Å²) in [5.74, 6) is 0.796. The molecule has 0 aromatic heterocycles. The molecular formula is C13H22O2. The molecule has 2 unspecified atom stereocenters. The molecule has 2 aliphatic carbocycles. The number of hydrogen-bond donors (Lipinski definition) is 1. The molecule has 0 amide bonds. The van der Waals surface area contributed by atoms with Gasteiger partial charge in [-0.15, -0.1) is 0 Å². The lowest BCUT2D eigenvalue weighted by atomic mass is 9.57. The molecule has 0 radical (unpaired) electrons. The number of fused-ring (bicyclic) bond motifs is 2. The maximum atomic E-state index is 11.6. The van der Waals surface area contributed by atoms with Crippen LogP contribution in [0.15, 0.2) is 0 Å². The topological polar surface area (TPSA) is 37.3 Å². The van der Waals surface area contributed by atoms with E-state index in [1.54, 1.807) is 0 Å². The van der Waals surface area contributed by atoms with E-state index < -0.39 is 11.4 Å². The minimum atomic E-state index is -0.563. The predicted molar refractivity (Wildman–Crippen MR) is 59.6 cm³/mol. The van der Waals surface area contributed by atoms with E-state index in [1.165, 1.54) is 19.3 Å². The summed E-state index contributed by atoms with van der Waals surface area (Å²) in [5, 5.41) is 9.59. The van der Waals surface area contributed by atoms with Crippen LogP contribution in [0.4, 0.5) is 0 Å². The van der Waals surface area contributed by atoms with Crippen molar-refractivity contribution >= 4 is 5.97 Å². The Morgan fingerprint density at radius 3 is 2.00 bits per heavy atom. The quantitative estimate of drug-likeness (QED) is 0.721. The van der Waals surface area contributed by atoms with Crippen molar-refractivity contribution in [2.75, 3.05) is 0 Å². The molecule has 0 aromatic rings. The summed E-state index contributed by atoms with van der Waals surface area (Å²) in [6, 6.07) is 0. The summed E-state index contributed by atoms with van der Waals surface area (Å²) in [5.41, 5.74) is -0.572. The predicted octanol–water partition coefficient (Wildman–Crippen LogP) is 3.31. The van der Waals surface area contributed by atoms with E-state index in [1.807, 2.05) is 0 Å². The third-order valence-electron chi connectivity index (χ3n) is 4.77. The molecular weight excluding hydrogens is 188 g/mol. The van der Waals surface area contributed by atoms with E-state index in [2.05, 4.69) is 20.8 Å². The van der Waals surface area contributed by atoms with E-state index in [0.29, 0.717) is 11.8 Å². The molecule has 2 nitrogen and oxygen atoms in total. The zero-order valence-electron chi connectivity index (χ0n) is 10.0. The summed E-state index contributed by atoms with van der Waals surface area (Å²) in [6.07, 6.45) is 5.61. The molecule has 2 heteroatoms. The Balaban J connectivity index is 2.32. The average Bonchev–Trinajstić information content (AvgIpc) is 2.43. The minimum Gasteiger partial charge on any atom is -0.481 e. The monoisotopic (exact) mass is 210 g/mol. The van der Waals surface area contributed by atoms with Crippen LogP contribution in [0.2, 0.25) is 0 Å². The second-order valence-electron chi connectivity index (χ2n) is 6.59. The Morgan fingerprint density at radius 2 is 1.67 bits per heavy atom. The molecule has 0 heterocycles. The average molecular weight is 210 g/mol. The second-order valence-corrected chi connectivity index (χ2v) is 6.59. The van der Waals surface area contributed by atoms with Gasteiger partial charge >= 0.3 is 5.97 Å². The highest BCUT2D eigenvalue weighted by Gasteiger charge is 2.54. The van der Waals surface area contributed by atoms with Crippen LogP contribution in [0.25, 0.3) is 0 Å². The number of carboxylic acids is 1. The Kier molecular flexibility index (Phi) is 2.36. The van der Waals surface area contributed by atoms with Gasteiger partial charge in [-0.3, -0.25) is 4.79 Å². The number of rotatable bonds is 1. The van der Waals surface area contributed by atoms with Crippen molar-refractivity contribution in [3.8, 4) is 0 Å². The van der Waals surface area contributed by atoms with Crippen LogP contribution in [0.3, 0.4) is 0 Å². The second kappa shape index (κ2) is 3.23. The molecule has 2 bridgehead atoms. The van der Waals surface area contributed by atoms with Gasteiger partial charge in [-0.1, -0.05) is 33.6 Å². The molecule has 86 valence electrons. The SMILES string of the molecule is CC(C)(C)C1(C(=O)O)CC2CCC(C2)C1. The molecule has 2 atom stereocenters. The van der Waals surface area contributed by atoms with E-state index in [-0.39, 0.29) is 5.41 Å². The smallest absolute Gasteiger partial charge is 0.310 e. The first-order chi connectivity index (χ1) is 6.85. The lowest BCUT2D eigenvalue weighted by Crippen LogP contribution is -2.47. The lowest BCUT2D eigenvalue weighted by molar-refractivity contribution is -0.162. The summed E-state index contributed by atoms with van der Waals surface area (Å²) in [4.78, 5) is 11.6. The molecule has 0 aliphatic heterocycles. The van der Waals surface area contributed by atoms with Crippen molar-refractivity contribution in [3.05, 3.63) is 0 Å². The molecule has 15 heavy (non-hydrogen) atoms. The van der Waals surface area contributed by atoms with E-state index >= 15 is 0 Å². The fourth-order valence-corrected chi connectivity index (χ4v) is 3.73. The van der Waals surface area contributed by atoms with Gasteiger partial charge in [0.1, 0.15) is 0 Å². The van der Waals surface area contributed by atoms with Gasteiger partial charge in [-0.05, 0) is 36.5 Å². The largest absolute Gasteiger partial charge is 0.481 e. The Bertz CT molecular complexity index is 263. The fourth-order valence-electron chi connectivity index (χ4n) is 3.73. The van der Waals surface area contributed by atoms with Crippen LogP contribution in [0.5, 0.6) is 0 Å². The maximum absolute atomic E-state index is 11.6. The van der Waals surface area contributed by atoms with Gasteiger partial charge in [0.2, 0.25) is 0 Å². The zero-order valence-corrected chi connectivity index (χ0v) is 10.0. The van der Waals surface area contributed by atoms with Crippen molar-refractivity contribution < 1.29 is 9.90 Å². The van der Waals surface area contributed by atoms with E-state index in [4.69, 9.17) is 0 Å². The molecule has 2 fully saturated rings. The van der Waals surface area contributed by atoms with Crippen LogP contribution in [0, 0.1) is 22.7 Å². The first-order valence-electron chi connectivity index (χ1n) is 6.08. The number of carbonyl (C=O) groups is 1. The van der Waals surface area contributed by atoms with Crippen LogP contribution < -0.4 is 0 Å². The third-order valence-corrected chi connectivity index (χ3v) is 4.77. The fraction of sp³-hybridized carbons (Fsp3) is 0.923. The summed E-state index contributed by atoms with van der Waals surface area (Å²) in [7, 11) is 0. The zero-order chi connectivity index (χ0) is 11.3. The summed E-state index contributed by atoms with van der Waals surface area (Å²) < 4.78 is 0. The first-order valence-corrected chi connectivity index (χ1v) is 6.08. The van der Waals surface area contributed by atoms with Crippen molar-refractivity contribution in [2.24, 2.45) is 22.7 Å². The Labute approximate surface area is 92.1 Å². The molecule has 0 saturated heterocycles. The van der Waals surface area contributed by atoms with E-state index in [9.17, 15) is 9.90 Å². The van der Waals surface area contributed by atoms with Gasteiger partial charge in [-0.2, -0.15) is 0 Å². The van der Waals surface area contributed by atoms with Crippen molar-refractivity contribution in [1.29, 1.82) is 0 Å². The molecule has 0 spiro atoms. The van der Waals surface area contributed by atoms with Gasteiger partial charge in [-0.25, -0.2) is 0 Å². The highest BCUT2D eigenvalue weighted by atomic mass is 16.4. The maximum Gasteiger partial charge on any atom is 0.310 e. The summed E-state index contributed by atoms with van der Waals surface area (Å²) >= 11 is 0. The Hall–Kier alpha value is -0.530. The van der Waals surface area contributed by atoms with Crippen molar-refractivity contribution in [1.82, 2.24) is 0 Å². The van der Waals surface area contributed by atoms with Crippen LogP contribution in [-0.4, -0.2) is 11.1 Å². The molecule has 1 N–H and O–H groups in total. The van der Waals surface area contributed by atoms with Gasteiger partial charge in [0.15, 0.2) is 0 Å².